The zero-order valence-electron chi connectivity index (χ0n) is 19.2. The number of nitrogens with zero attached hydrogens (tertiary/aromatic N) is 1. The number of nitro benzene ring substituents is 1. The first kappa shape index (κ1) is 23.7. The molecule has 10 heteroatoms. The summed E-state index contributed by atoms with van der Waals surface area (Å²) in [6.45, 7) is 4.18. The van der Waals surface area contributed by atoms with Gasteiger partial charge in [0.2, 0.25) is 0 Å². The molecule has 1 fully saturated rings. The van der Waals surface area contributed by atoms with Gasteiger partial charge in [-0.05, 0) is 51.2 Å². The van der Waals surface area contributed by atoms with E-state index in [9.17, 15) is 24.8 Å². The van der Waals surface area contributed by atoms with E-state index in [1.165, 1.54) is 6.07 Å². The molecule has 34 heavy (non-hydrogen) atoms. The van der Waals surface area contributed by atoms with Crippen LogP contribution < -0.4 is 15.2 Å². The number of hydrogen-bond donors (Lipinski definition) is 1. The van der Waals surface area contributed by atoms with E-state index in [1.54, 1.807) is 13.8 Å². The Labute approximate surface area is 196 Å². The van der Waals surface area contributed by atoms with Crippen LogP contribution in [0, 0.1) is 10.1 Å². The number of nitrogens with one attached hydrogen (secondary N) is 1. The molecule has 0 saturated carbocycles. The van der Waals surface area contributed by atoms with Crippen molar-refractivity contribution in [1.29, 1.82) is 0 Å². The molecule has 2 heterocycles. The van der Waals surface area contributed by atoms with Gasteiger partial charge in [0, 0.05) is 47.7 Å². The van der Waals surface area contributed by atoms with E-state index < -0.39 is 28.2 Å². The summed E-state index contributed by atoms with van der Waals surface area (Å²) in [5, 5.41) is 27.3. The second-order valence-electron chi connectivity index (χ2n) is 8.56. The summed E-state index contributed by atoms with van der Waals surface area (Å²) in [6.07, 6.45) is 3.06. The molecule has 2 unspecified atom stereocenters. The van der Waals surface area contributed by atoms with Gasteiger partial charge in [-0.2, -0.15) is 0 Å². The Morgan fingerprint density at radius 1 is 1.29 bits per heavy atom. The van der Waals surface area contributed by atoms with E-state index in [2.05, 4.69) is 5.32 Å². The molecule has 3 aliphatic rings. The van der Waals surface area contributed by atoms with Gasteiger partial charge in [-0.25, -0.2) is 4.79 Å². The average Bonchev–Trinajstić information content (AvgIpc) is 3.32. The molecule has 2 aliphatic heterocycles. The van der Waals surface area contributed by atoms with Gasteiger partial charge in [-0.3, -0.25) is 14.9 Å². The number of benzene rings is 1. The summed E-state index contributed by atoms with van der Waals surface area (Å²) in [6, 6.07) is 2.52. The van der Waals surface area contributed by atoms with Gasteiger partial charge in [0.05, 0.1) is 23.2 Å². The Morgan fingerprint density at radius 3 is 2.76 bits per heavy atom. The van der Waals surface area contributed by atoms with Gasteiger partial charge < -0.3 is 24.6 Å². The quantitative estimate of drug-likeness (QED) is 0.361. The number of esters is 1. The smallest absolute Gasteiger partial charge is 0.336 e. The Bertz CT molecular complexity index is 1080. The minimum Gasteiger partial charge on any atom is -0.865 e. The van der Waals surface area contributed by atoms with Crippen LogP contribution >= 0.6 is 0 Å². The highest BCUT2D eigenvalue weighted by molar-refractivity contribution is 6.03. The SMILES string of the molecule is CCOc1cc(C2C(C(=O)OCC3CCCO3)=C(C)NC3=C2C(=O)CCC3)cc([N+](=O)[O-])c1[O-]. The Hall–Kier alpha value is -3.40. The summed E-state index contributed by atoms with van der Waals surface area (Å²) in [4.78, 5) is 37.2. The van der Waals surface area contributed by atoms with Crippen LogP contribution in [0.25, 0.3) is 0 Å². The molecule has 0 amide bonds. The predicted octanol–water partition coefficient (Wildman–Crippen LogP) is 2.76. The fraction of sp³-hybridized carbons (Fsp3) is 0.500. The number of carbonyl (C=O) groups excluding carboxylic acids is 2. The van der Waals surface area contributed by atoms with Crippen molar-refractivity contribution in [3.05, 3.63) is 50.4 Å². The summed E-state index contributed by atoms with van der Waals surface area (Å²) in [5.41, 5.74) is 1.33. The molecule has 10 nitrogen and oxygen atoms in total. The van der Waals surface area contributed by atoms with Crippen LogP contribution in [-0.2, 0) is 19.1 Å². The van der Waals surface area contributed by atoms with Crippen molar-refractivity contribution in [2.45, 2.75) is 58.0 Å². The second-order valence-corrected chi connectivity index (χ2v) is 8.56. The molecule has 0 bridgehead atoms. The monoisotopic (exact) mass is 471 g/mol. The summed E-state index contributed by atoms with van der Waals surface area (Å²) < 4.78 is 16.5. The Kier molecular flexibility index (Phi) is 6.87. The number of carbonyl (C=O) groups is 2. The first-order valence-electron chi connectivity index (χ1n) is 11.5. The molecule has 1 aromatic carbocycles. The number of ketones is 1. The third-order valence-electron chi connectivity index (χ3n) is 6.31. The number of allylic oxidation sites excluding steroid dienone is 3. The lowest BCUT2D eigenvalue weighted by Gasteiger charge is -2.34. The molecule has 1 aromatic rings. The molecule has 0 radical (unpaired) electrons. The predicted molar refractivity (Wildman–Crippen MR) is 118 cm³/mol. The minimum absolute atomic E-state index is 0.0754. The minimum atomic E-state index is -0.917. The zero-order chi connectivity index (χ0) is 24.4. The van der Waals surface area contributed by atoms with Gasteiger partial charge in [0.25, 0.3) is 5.69 Å². The zero-order valence-corrected chi connectivity index (χ0v) is 19.2. The lowest BCUT2D eigenvalue weighted by Crippen LogP contribution is -2.35. The van der Waals surface area contributed by atoms with Gasteiger partial charge in [0.15, 0.2) is 5.78 Å². The van der Waals surface area contributed by atoms with E-state index in [0.717, 1.165) is 18.9 Å². The number of rotatable bonds is 7. The molecule has 4 rings (SSSR count). The van der Waals surface area contributed by atoms with Crippen molar-refractivity contribution >= 4 is 17.4 Å². The molecule has 182 valence electrons. The van der Waals surface area contributed by atoms with Gasteiger partial charge in [0.1, 0.15) is 12.4 Å². The van der Waals surface area contributed by atoms with Crippen LogP contribution in [0.3, 0.4) is 0 Å². The number of ether oxygens (including phenoxy) is 3. The fourth-order valence-corrected chi connectivity index (χ4v) is 4.78. The Morgan fingerprint density at radius 2 is 2.09 bits per heavy atom. The van der Waals surface area contributed by atoms with Crippen molar-refractivity contribution < 1.29 is 33.8 Å². The molecule has 2 atom stereocenters. The normalized spacial score (nSPS) is 22.4. The summed E-state index contributed by atoms with van der Waals surface area (Å²) >= 11 is 0. The molecule has 0 aromatic heterocycles. The molecular weight excluding hydrogens is 444 g/mol. The van der Waals surface area contributed by atoms with Crippen molar-refractivity contribution in [2.75, 3.05) is 19.8 Å². The number of dihydropyridines is 1. The highest BCUT2D eigenvalue weighted by Gasteiger charge is 2.40. The molecule has 1 saturated heterocycles. The second kappa shape index (κ2) is 9.84. The molecule has 1 aliphatic carbocycles. The third-order valence-corrected chi connectivity index (χ3v) is 6.31. The lowest BCUT2D eigenvalue weighted by molar-refractivity contribution is -0.398. The molecular formula is C24H27N2O8-. The largest absolute Gasteiger partial charge is 0.865 e. The highest BCUT2D eigenvalue weighted by Crippen LogP contribution is 2.46. The average molecular weight is 471 g/mol. The van der Waals surface area contributed by atoms with E-state index in [1.807, 2.05) is 0 Å². The van der Waals surface area contributed by atoms with Crippen molar-refractivity contribution in [3.8, 4) is 11.5 Å². The maximum atomic E-state index is 13.3. The maximum Gasteiger partial charge on any atom is 0.336 e. The Balaban J connectivity index is 1.81. The third kappa shape index (κ3) is 4.50. The lowest BCUT2D eigenvalue weighted by atomic mass is 9.75. The van der Waals surface area contributed by atoms with Crippen LogP contribution in [-0.4, -0.2) is 42.6 Å². The molecule has 0 spiro atoms. The van der Waals surface area contributed by atoms with Crippen LogP contribution in [0.15, 0.2) is 34.7 Å². The number of hydrogen-bond acceptors (Lipinski definition) is 9. The van der Waals surface area contributed by atoms with E-state index in [0.29, 0.717) is 42.8 Å². The van der Waals surface area contributed by atoms with Crippen LogP contribution in [0.2, 0.25) is 0 Å². The van der Waals surface area contributed by atoms with Gasteiger partial charge >= 0.3 is 5.97 Å². The van der Waals surface area contributed by atoms with Gasteiger partial charge in [-0.1, -0.05) is 0 Å². The van der Waals surface area contributed by atoms with Crippen LogP contribution in [0.1, 0.15) is 57.4 Å². The number of nitro groups is 1. The maximum absolute atomic E-state index is 13.3. The topological polar surface area (TPSA) is 140 Å². The summed E-state index contributed by atoms with van der Waals surface area (Å²) in [5.74, 6) is -2.75. The van der Waals surface area contributed by atoms with Crippen LogP contribution in [0.5, 0.6) is 11.5 Å². The number of Topliss-reactive ketones (excluding diaryl/α,β-unsaturated/α-hetero) is 1. The first-order chi connectivity index (χ1) is 16.3. The van der Waals surface area contributed by atoms with E-state index >= 15 is 0 Å². The van der Waals surface area contributed by atoms with Crippen molar-refractivity contribution in [1.82, 2.24) is 5.32 Å². The van der Waals surface area contributed by atoms with Crippen molar-refractivity contribution in [3.63, 3.8) is 0 Å². The highest BCUT2D eigenvalue weighted by atomic mass is 16.6. The van der Waals surface area contributed by atoms with E-state index in [4.69, 9.17) is 14.2 Å². The standard InChI is InChI=1S/C24H28N2O8/c1-3-32-19-11-14(10-17(23(19)28)26(30)31)21-20(24(29)34-12-15-6-5-9-33-15)13(2)25-16-7-4-8-18(27)22(16)21/h10-11,15,21,25,28H,3-9,12H2,1-2H3/p-1. The fourth-order valence-electron chi connectivity index (χ4n) is 4.78. The van der Waals surface area contributed by atoms with E-state index in [-0.39, 0.29) is 42.0 Å². The van der Waals surface area contributed by atoms with Gasteiger partial charge in [-0.15, -0.1) is 0 Å². The van der Waals surface area contributed by atoms with Crippen LogP contribution in [0.4, 0.5) is 5.69 Å². The van der Waals surface area contributed by atoms with Crippen molar-refractivity contribution in [2.24, 2.45) is 0 Å². The first-order valence-corrected chi connectivity index (χ1v) is 11.5. The molecule has 1 N–H and O–H groups in total. The summed E-state index contributed by atoms with van der Waals surface area (Å²) in [7, 11) is 0.